The van der Waals surface area contributed by atoms with Crippen LogP contribution in [-0.2, 0) is 0 Å². The second-order valence-electron chi connectivity index (χ2n) is 13.9. The number of aromatic nitrogens is 3. The third-order valence-electron chi connectivity index (χ3n) is 10.7. The van der Waals surface area contributed by atoms with E-state index in [1.807, 2.05) is 48.5 Å². The number of furan rings is 2. The average molecular weight is 694 g/mol. The minimum atomic E-state index is 0.227. The SMILES string of the molecule is C1=CC2C=Cc3c(oc4ccc(-c5ccc6oc7cccc(-c8nc(-c9ccccc9)nc(-c9ccc(-c%10ccccc%10)cc9)n8)c7c6c5)cc34)C2C=C1. The van der Waals surface area contributed by atoms with Crippen LogP contribution in [0.15, 0.2) is 179 Å². The maximum absolute atomic E-state index is 6.47. The molecule has 2 aliphatic rings. The molecule has 5 nitrogen and oxygen atoms in total. The van der Waals surface area contributed by atoms with Crippen LogP contribution in [0.25, 0.3) is 95.4 Å². The van der Waals surface area contributed by atoms with Gasteiger partial charge in [-0.15, -0.1) is 0 Å². The summed E-state index contributed by atoms with van der Waals surface area (Å²) >= 11 is 0. The van der Waals surface area contributed by atoms with E-state index in [-0.39, 0.29) is 5.92 Å². The van der Waals surface area contributed by atoms with Gasteiger partial charge in [0, 0.05) is 50.2 Å². The Hall–Kier alpha value is -7.11. The van der Waals surface area contributed by atoms with Crippen LogP contribution in [0, 0.1) is 5.92 Å². The lowest BCUT2D eigenvalue weighted by Crippen LogP contribution is -2.11. The molecule has 254 valence electrons. The predicted molar refractivity (Wildman–Crippen MR) is 218 cm³/mol. The Balaban J connectivity index is 1.04. The third-order valence-corrected chi connectivity index (χ3v) is 10.7. The lowest BCUT2D eigenvalue weighted by Gasteiger charge is -2.23. The molecule has 2 unspecified atom stereocenters. The Morgan fingerprint density at radius 2 is 1.02 bits per heavy atom. The van der Waals surface area contributed by atoms with Gasteiger partial charge in [0.05, 0.1) is 0 Å². The van der Waals surface area contributed by atoms with Crippen molar-refractivity contribution in [1.29, 1.82) is 0 Å². The molecule has 3 aromatic heterocycles. The monoisotopic (exact) mass is 693 g/mol. The van der Waals surface area contributed by atoms with Crippen molar-refractivity contribution in [3.05, 3.63) is 181 Å². The maximum Gasteiger partial charge on any atom is 0.164 e. The van der Waals surface area contributed by atoms with Crippen LogP contribution in [0.3, 0.4) is 0 Å². The molecule has 11 rings (SSSR count). The molecule has 5 heteroatoms. The standard InChI is InChI=1S/C49H31N3O2/c1-3-10-30(11-4-1)31-18-20-34(21-19-31)48-50-47(33-13-5-2-6-14-33)51-49(52-48)39-16-9-17-44-45(39)41-29-36(24-27-43(41)53-44)35-23-26-42-40(28-35)38-25-22-32-12-7-8-15-37(32)46(38)54-42/h1-29,32,37H. The highest BCUT2D eigenvalue weighted by atomic mass is 16.3. The van der Waals surface area contributed by atoms with Crippen LogP contribution < -0.4 is 0 Å². The highest BCUT2D eigenvalue weighted by Gasteiger charge is 2.29. The number of rotatable bonds is 5. The van der Waals surface area contributed by atoms with Crippen molar-refractivity contribution in [3.63, 3.8) is 0 Å². The van der Waals surface area contributed by atoms with Crippen molar-refractivity contribution < 1.29 is 8.83 Å². The summed E-state index contributed by atoms with van der Waals surface area (Å²) in [6, 6.07) is 47.9. The van der Waals surface area contributed by atoms with E-state index in [1.165, 1.54) is 5.56 Å². The van der Waals surface area contributed by atoms with Gasteiger partial charge in [0.1, 0.15) is 22.5 Å². The topological polar surface area (TPSA) is 65.0 Å². The molecule has 0 aliphatic heterocycles. The smallest absolute Gasteiger partial charge is 0.164 e. The molecule has 2 aliphatic carbocycles. The van der Waals surface area contributed by atoms with Crippen molar-refractivity contribution in [1.82, 2.24) is 15.0 Å². The number of hydrogen-bond donors (Lipinski definition) is 0. The molecule has 0 saturated heterocycles. The summed E-state index contributed by atoms with van der Waals surface area (Å²) in [7, 11) is 0. The van der Waals surface area contributed by atoms with Gasteiger partial charge in [-0.1, -0.05) is 146 Å². The molecule has 0 amide bonds. The van der Waals surface area contributed by atoms with Gasteiger partial charge in [0.15, 0.2) is 17.5 Å². The van der Waals surface area contributed by atoms with Gasteiger partial charge in [0.2, 0.25) is 0 Å². The molecule has 0 saturated carbocycles. The zero-order chi connectivity index (χ0) is 35.6. The fraction of sp³-hybridized carbons (Fsp3) is 0.0408. The van der Waals surface area contributed by atoms with Crippen molar-refractivity contribution >= 4 is 39.0 Å². The van der Waals surface area contributed by atoms with Gasteiger partial charge in [0.25, 0.3) is 0 Å². The Morgan fingerprint density at radius 3 is 1.78 bits per heavy atom. The first-order valence-corrected chi connectivity index (χ1v) is 18.3. The summed E-state index contributed by atoms with van der Waals surface area (Å²) in [6.07, 6.45) is 13.2. The van der Waals surface area contributed by atoms with E-state index >= 15 is 0 Å². The second-order valence-corrected chi connectivity index (χ2v) is 13.9. The first-order valence-electron chi connectivity index (χ1n) is 18.3. The number of fused-ring (bicyclic) bond motifs is 8. The molecule has 54 heavy (non-hydrogen) atoms. The number of benzene rings is 6. The Kier molecular flexibility index (Phi) is 6.92. The lowest BCUT2D eigenvalue weighted by atomic mass is 9.81. The molecule has 0 spiro atoms. The highest BCUT2D eigenvalue weighted by molar-refractivity contribution is 6.13. The Morgan fingerprint density at radius 1 is 0.426 bits per heavy atom. The van der Waals surface area contributed by atoms with Gasteiger partial charge in [-0.25, -0.2) is 15.0 Å². The van der Waals surface area contributed by atoms with Crippen LogP contribution in [0.2, 0.25) is 0 Å². The van der Waals surface area contributed by atoms with Crippen LogP contribution in [0.5, 0.6) is 0 Å². The predicted octanol–water partition coefficient (Wildman–Crippen LogP) is 12.7. The zero-order valence-corrected chi connectivity index (χ0v) is 29.1. The molecule has 0 radical (unpaired) electrons. The number of allylic oxidation sites excluding steroid dienone is 5. The molecule has 0 N–H and O–H groups in total. The molecule has 0 bridgehead atoms. The van der Waals surface area contributed by atoms with Gasteiger partial charge in [-0.3, -0.25) is 0 Å². The maximum atomic E-state index is 6.47. The fourth-order valence-corrected chi connectivity index (χ4v) is 7.99. The minimum Gasteiger partial charge on any atom is -0.460 e. The number of nitrogens with zero attached hydrogens (tertiary/aromatic N) is 3. The highest BCUT2D eigenvalue weighted by Crippen LogP contribution is 2.44. The summed E-state index contributed by atoms with van der Waals surface area (Å²) in [5, 5.41) is 3.10. The van der Waals surface area contributed by atoms with Gasteiger partial charge < -0.3 is 8.83 Å². The van der Waals surface area contributed by atoms with E-state index in [0.29, 0.717) is 23.4 Å². The van der Waals surface area contributed by atoms with Crippen LogP contribution in [-0.4, -0.2) is 15.0 Å². The van der Waals surface area contributed by atoms with Crippen LogP contribution >= 0.6 is 0 Å². The van der Waals surface area contributed by atoms with E-state index in [9.17, 15) is 0 Å². The molecule has 2 atom stereocenters. The van der Waals surface area contributed by atoms with Crippen molar-refractivity contribution in [3.8, 4) is 56.4 Å². The van der Waals surface area contributed by atoms with E-state index in [0.717, 1.165) is 77.6 Å². The fourth-order valence-electron chi connectivity index (χ4n) is 7.99. The average Bonchev–Trinajstić information content (AvgIpc) is 3.82. The third kappa shape index (κ3) is 5.05. The quantitative estimate of drug-likeness (QED) is 0.179. The second kappa shape index (κ2) is 12.2. The summed E-state index contributed by atoms with van der Waals surface area (Å²) in [6.45, 7) is 0. The van der Waals surface area contributed by atoms with Crippen LogP contribution in [0.4, 0.5) is 0 Å². The van der Waals surface area contributed by atoms with Gasteiger partial charge in [-0.2, -0.15) is 0 Å². The normalized spacial score (nSPS) is 15.9. The van der Waals surface area contributed by atoms with E-state index in [2.05, 4.69) is 127 Å². The summed E-state index contributed by atoms with van der Waals surface area (Å²) < 4.78 is 12.9. The number of hydrogen-bond acceptors (Lipinski definition) is 5. The van der Waals surface area contributed by atoms with Crippen molar-refractivity contribution in [2.24, 2.45) is 5.92 Å². The molecule has 9 aromatic rings. The molecule has 6 aromatic carbocycles. The molecule has 3 heterocycles. The Bertz CT molecular complexity index is 2990. The lowest BCUT2D eigenvalue weighted by molar-refractivity contribution is 0.492. The van der Waals surface area contributed by atoms with Gasteiger partial charge >= 0.3 is 0 Å². The van der Waals surface area contributed by atoms with E-state index in [1.54, 1.807) is 0 Å². The van der Waals surface area contributed by atoms with Crippen LogP contribution in [0.1, 0.15) is 17.2 Å². The Labute approximate surface area is 311 Å². The molecular formula is C49H31N3O2. The first-order chi connectivity index (χ1) is 26.7. The molecular weight excluding hydrogens is 663 g/mol. The van der Waals surface area contributed by atoms with Crippen molar-refractivity contribution in [2.75, 3.05) is 0 Å². The molecule has 0 fully saturated rings. The van der Waals surface area contributed by atoms with Gasteiger partial charge in [-0.05, 0) is 52.6 Å². The summed E-state index contributed by atoms with van der Waals surface area (Å²) in [5.41, 5.74) is 10.9. The summed E-state index contributed by atoms with van der Waals surface area (Å²) in [4.78, 5) is 15.2. The van der Waals surface area contributed by atoms with E-state index in [4.69, 9.17) is 23.8 Å². The van der Waals surface area contributed by atoms with Crippen molar-refractivity contribution in [2.45, 2.75) is 5.92 Å². The zero-order valence-electron chi connectivity index (χ0n) is 29.1. The first kappa shape index (κ1) is 30.5. The summed E-state index contributed by atoms with van der Waals surface area (Å²) in [5.74, 6) is 3.41. The largest absolute Gasteiger partial charge is 0.460 e. The van der Waals surface area contributed by atoms with E-state index < -0.39 is 0 Å². The minimum absolute atomic E-state index is 0.227.